The quantitative estimate of drug-likeness (QED) is 0.265. The molecule has 1 aliphatic heterocycles. The van der Waals surface area contributed by atoms with Crippen molar-refractivity contribution in [3.8, 4) is 0 Å². The lowest BCUT2D eigenvalue weighted by molar-refractivity contribution is -0.130. The van der Waals surface area contributed by atoms with Gasteiger partial charge in [0.15, 0.2) is 5.70 Å². The van der Waals surface area contributed by atoms with Crippen LogP contribution in [0.2, 0.25) is 0 Å². The summed E-state index contributed by atoms with van der Waals surface area (Å²) >= 11 is 0. The van der Waals surface area contributed by atoms with Crippen molar-refractivity contribution in [3.63, 3.8) is 0 Å². The number of hydrogen-bond acceptors (Lipinski definition) is 4. The van der Waals surface area contributed by atoms with Gasteiger partial charge in [0.25, 0.3) is 0 Å². The molecule has 0 bridgehead atoms. The summed E-state index contributed by atoms with van der Waals surface area (Å²) in [5.41, 5.74) is 9.88. The second kappa shape index (κ2) is 7.03. The van der Waals surface area contributed by atoms with Crippen LogP contribution in [0.1, 0.15) is 18.9 Å². The highest BCUT2D eigenvalue weighted by molar-refractivity contribution is 6.11. The van der Waals surface area contributed by atoms with Crippen molar-refractivity contribution >= 4 is 11.9 Å². The lowest BCUT2D eigenvalue weighted by Crippen LogP contribution is -2.10. The number of ether oxygens (including phenoxy) is 1. The molecule has 1 unspecified atom stereocenters. The summed E-state index contributed by atoms with van der Waals surface area (Å²) in [6.45, 7) is 2.05. The number of esters is 1. The normalized spacial score (nSPS) is 24.0. The zero-order valence-electron chi connectivity index (χ0n) is 13.7. The van der Waals surface area contributed by atoms with Gasteiger partial charge in [0.05, 0.1) is 0 Å². The largest absolute Gasteiger partial charge is 0.402 e. The molecule has 124 valence electrons. The minimum atomic E-state index is -0.460. The molecule has 3 rings (SSSR count). The third kappa shape index (κ3) is 3.94. The van der Waals surface area contributed by atoms with Crippen LogP contribution in [-0.4, -0.2) is 11.9 Å². The maximum Gasteiger partial charge on any atom is 0.363 e. The lowest BCUT2D eigenvalue weighted by Gasteiger charge is -2.23. The predicted octanol–water partition coefficient (Wildman–Crippen LogP) is 4.59. The molecule has 0 saturated carbocycles. The molecule has 0 fully saturated rings. The molecule has 0 amide bonds. The molecule has 6 heteroatoms. The van der Waals surface area contributed by atoms with Crippen LogP contribution in [0.5, 0.6) is 0 Å². The first-order chi connectivity index (χ1) is 12.1. The van der Waals surface area contributed by atoms with E-state index in [4.69, 9.17) is 10.3 Å². The SMILES string of the molecule is CC1(C=CC=C2N=C(c3ccccc3)OC2=O)C=CC(N=[N+]=[N-])=CC1. The van der Waals surface area contributed by atoms with Gasteiger partial charge in [-0.2, -0.15) is 0 Å². The molecule has 1 heterocycles. The zero-order chi connectivity index (χ0) is 17.7. The van der Waals surface area contributed by atoms with E-state index in [2.05, 4.69) is 15.0 Å². The first kappa shape index (κ1) is 16.5. The highest BCUT2D eigenvalue weighted by atomic mass is 16.6. The second-order valence-corrected chi connectivity index (χ2v) is 5.95. The first-order valence-corrected chi connectivity index (χ1v) is 7.80. The van der Waals surface area contributed by atoms with Crippen LogP contribution in [0.25, 0.3) is 10.4 Å². The van der Waals surface area contributed by atoms with Crippen molar-refractivity contribution < 1.29 is 9.53 Å². The van der Waals surface area contributed by atoms with Crippen molar-refractivity contribution in [2.24, 2.45) is 15.5 Å². The number of azide groups is 1. The Bertz CT molecular complexity index is 887. The molecule has 1 aromatic rings. The van der Waals surface area contributed by atoms with E-state index in [1.54, 1.807) is 18.2 Å². The minimum Gasteiger partial charge on any atom is -0.402 e. The van der Waals surface area contributed by atoms with Crippen molar-refractivity contribution in [1.82, 2.24) is 0 Å². The Morgan fingerprint density at radius 3 is 2.84 bits per heavy atom. The molecule has 1 atom stereocenters. The molecule has 25 heavy (non-hydrogen) atoms. The van der Waals surface area contributed by atoms with E-state index in [0.29, 0.717) is 18.0 Å². The van der Waals surface area contributed by atoms with Crippen LogP contribution in [0, 0.1) is 5.41 Å². The molecule has 0 aromatic heterocycles. The van der Waals surface area contributed by atoms with E-state index in [0.717, 1.165) is 5.56 Å². The van der Waals surface area contributed by atoms with E-state index in [-0.39, 0.29) is 11.1 Å². The predicted molar refractivity (Wildman–Crippen MR) is 95.4 cm³/mol. The number of cyclic esters (lactones) is 1. The molecular weight excluding hydrogens is 316 g/mol. The van der Waals surface area contributed by atoms with Crippen LogP contribution < -0.4 is 0 Å². The Morgan fingerprint density at radius 1 is 1.36 bits per heavy atom. The van der Waals surface area contributed by atoms with E-state index in [1.807, 2.05) is 55.5 Å². The fourth-order valence-electron chi connectivity index (χ4n) is 2.47. The summed E-state index contributed by atoms with van der Waals surface area (Å²) in [7, 11) is 0. The topological polar surface area (TPSA) is 87.4 Å². The number of carbonyl (C=O) groups is 1. The molecule has 2 aliphatic rings. The highest BCUT2D eigenvalue weighted by Gasteiger charge is 2.23. The van der Waals surface area contributed by atoms with Gasteiger partial charge in [0.2, 0.25) is 5.90 Å². The first-order valence-electron chi connectivity index (χ1n) is 7.80. The van der Waals surface area contributed by atoms with E-state index in [9.17, 15) is 4.79 Å². The number of rotatable bonds is 4. The number of benzene rings is 1. The lowest BCUT2D eigenvalue weighted by atomic mass is 9.83. The van der Waals surface area contributed by atoms with Gasteiger partial charge < -0.3 is 4.74 Å². The monoisotopic (exact) mass is 332 g/mol. The van der Waals surface area contributed by atoms with Crippen LogP contribution in [0.4, 0.5) is 0 Å². The number of hydrogen-bond donors (Lipinski definition) is 0. The van der Waals surface area contributed by atoms with Gasteiger partial charge in [-0.25, -0.2) is 9.79 Å². The maximum absolute atomic E-state index is 11.9. The summed E-state index contributed by atoms with van der Waals surface area (Å²) in [6.07, 6.45) is 11.8. The Morgan fingerprint density at radius 2 is 2.16 bits per heavy atom. The summed E-state index contributed by atoms with van der Waals surface area (Å²) in [5.74, 6) is -0.144. The van der Waals surface area contributed by atoms with E-state index in [1.165, 1.54) is 0 Å². The second-order valence-electron chi connectivity index (χ2n) is 5.95. The van der Waals surface area contributed by atoms with Crippen LogP contribution in [0.3, 0.4) is 0 Å². The summed E-state index contributed by atoms with van der Waals surface area (Å²) < 4.78 is 5.21. The molecule has 0 saturated heterocycles. The van der Waals surface area contributed by atoms with Gasteiger partial charge in [0.1, 0.15) is 0 Å². The Balaban J connectivity index is 1.73. The van der Waals surface area contributed by atoms with Gasteiger partial charge in [-0.3, -0.25) is 0 Å². The average molecular weight is 332 g/mol. The number of nitrogens with zero attached hydrogens (tertiary/aromatic N) is 4. The van der Waals surface area contributed by atoms with Gasteiger partial charge in [-0.05, 0) is 30.2 Å². The smallest absolute Gasteiger partial charge is 0.363 e. The molecule has 0 N–H and O–H groups in total. The Hall–Kier alpha value is -3.37. The zero-order valence-corrected chi connectivity index (χ0v) is 13.7. The Kier molecular flexibility index (Phi) is 4.64. The third-order valence-electron chi connectivity index (χ3n) is 3.92. The van der Waals surface area contributed by atoms with Crippen LogP contribution in [-0.2, 0) is 9.53 Å². The molecule has 1 aliphatic carbocycles. The summed E-state index contributed by atoms with van der Waals surface area (Å²) in [6, 6.07) is 9.29. The summed E-state index contributed by atoms with van der Waals surface area (Å²) in [5, 5.41) is 3.58. The van der Waals surface area contributed by atoms with Gasteiger partial charge in [0, 0.05) is 21.6 Å². The third-order valence-corrected chi connectivity index (χ3v) is 3.92. The van der Waals surface area contributed by atoms with Crippen molar-refractivity contribution in [1.29, 1.82) is 0 Å². The van der Waals surface area contributed by atoms with Gasteiger partial charge in [-0.15, -0.1) is 0 Å². The van der Waals surface area contributed by atoms with Gasteiger partial charge in [-0.1, -0.05) is 60.6 Å². The van der Waals surface area contributed by atoms with Crippen LogP contribution >= 0.6 is 0 Å². The van der Waals surface area contributed by atoms with E-state index < -0.39 is 5.97 Å². The number of carbonyl (C=O) groups excluding carboxylic acids is 1. The highest BCUT2D eigenvalue weighted by Crippen LogP contribution is 2.31. The summed E-state index contributed by atoms with van der Waals surface area (Å²) in [4.78, 5) is 19.0. The fraction of sp³-hybridized carbons (Fsp3) is 0.158. The fourth-order valence-corrected chi connectivity index (χ4v) is 2.47. The maximum atomic E-state index is 11.9. The number of aliphatic imine (C=N–C) groups is 1. The van der Waals surface area contributed by atoms with Crippen molar-refractivity contribution in [2.75, 3.05) is 0 Å². The Labute approximate surface area is 145 Å². The molecule has 6 nitrogen and oxygen atoms in total. The molecule has 0 spiro atoms. The van der Waals surface area contributed by atoms with Gasteiger partial charge >= 0.3 is 5.97 Å². The molecule has 0 radical (unpaired) electrons. The standard InChI is InChI=1S/C19H16N4O2/c1-19(12-9-15(10-13-19)22-23-20)11-5-8-16-18(24)25-17(21-16)14-6-3-2-4-7-14/h2-12H,13H2,1H3. The molecular formula is C19H16N4O2. The van der Waals surface area contributed by atoms with Crippen molar-refractivity contribution in [2.45, 2.75) is 13.3 Å². The van der Waals surface area contributed by atoms with E-state index >= 15 is 0 Å². The minimum absolute atomic E-state index is 0.208. The number of allylic oxidation sites excluding steroid dienone is 6. The average Bonchev–Trinajstić information content (AvgIpc) is 2.99. The van der Waals surface area contributed by atoms with Crippen LogP contribution in [0.15, 0.2) is 88.3 Å². The van der Waals surface area contributed by atoms with Crippen molar-refractivity contribution in [3.05, 3.63) is 94.2 Å². The molecule has 1 aromatic carbocycles.